The number of carboxylic acids is 1. The second-order valence-corrected chi connectivity index (χ2v) is 5.69. The molecule has 0 spiro atoms. The van der Waals surface area contributed by atoms with E-state index in [0.29, 0.717) is 19.4 Å². The normalized spacial score (nSPS) is 26.9. The van der Waals surface area contributed by atoms with Crippen LogP contribution in [0.4, 0.5) is 4.79 Å². The van der Waals surface area contributed by atoms with Crippen LogP contribution in [0.2, 0.25) is 0 Å². The summed E-state index contributed by atoms with van der Waals surface area (Å²) in [5.74, 6) is -1.18. The third-order valence-electron chi connectivity index (χ3n) is 4.47. The highest BCUT2D eigenvalue weighted by Gasteiger charge is 2.51. The number of urea groups is 1. The number of carboxylic acid groups (broad SMARTS) is 1. The molecule has 21 heavy (non-hydrogen) atoms. The first-order chi connectivity index (χ1) is 10.2. The fourth-order valence-electron chi connectivity index (χ4n) is 3.51. The molecule has 3 atom stereocenters. The Morgan fingerprint density at radius 1 is 1.38 bits per heavy atom. The Morgan fingerprint density at radius 3 is 2.90 bits per heavy atom. The zero-order valence-corrected chi connectivity index (χ0v) is 11.7. The van der Waals surface area contributed by atoms with E-state index in [4.69, 9.17) is 0 Å². The molecular formula is C15H19N3O3. The number of nitrogens with one attached hydrogen (secondary N) is 1. The van der Waals surface area contributed by atoms with Gasteiger partial charge in [-0.2, -0.15) is 0 Å². The second-order valence-electron chi connectivity index (χ2n) is 5.69. The Morgan fingerprint density at radius 2 is 2.24 bits per heavy atom. The van der Waals surface area contributed by atoms with Crippen molar-refractivity contribution in [2.24, 2.45) is 5.92 Å². The number of nitrogens with zero attached hydrogens (tertiary/aromatic N) is 2. The van der Waals surface area contributed by atoms with Gasteiger partial charge in [0.05, 0.1) is 5.92 Å². The summed E-state index contributed by atoms with van der Waals surface area (Å²) in [5, 5.41) is 12.1. The van der Waals surface area contributed by atoms with Gasteiger partial charge in [-0.05, 0) is 31.4 Å². The summed E-state index contributed by atoms with van der Waals surface area (Å²) in [4.78, 5) is 29.4. The highest BCUT2D eigenvalue weighted by molar-refractivity contribution is 5.79. The topological polar surface area (TPSA) is 82.5 Å². The van der Waals surface area contributed by atoms with E-state index >= 15 is 0 Å². The van der Waals surface area contributed by atoms with E-state index in [1.54, 1.807) is 11.1 Å². The van der Waals surface area contributed by atoms with Crippen molar-refractivity contribution in [1.82, 2.24) is 15.2 Å². The van der Waals surface area contributed by atoms with E-state index < -0.39 is 11.9 Å². The lowest BCUT2D eigenvalue weighted by atomic mass is 9.89. The first kappa shape index (κ1) is 13.9. The van der Waals surface area contributed by atoms with Crippen molar-refractivity contribution in [2.45, 2.75) is 37.8 Å². The molecular weight excluding hydrogens is 270 g/mol. The Labute approximate surface area is 123 Å². The summed E-state index contributed by atoms with van der Waals surface area (Å²) < 4.78 is 0. The molecule has 6 nitrogen and oxygen atoms in total. The van der Waals surface area contributed by atoms with E-state index in [2.05, 4.69) is 10.3 Å². The van der Waals surface area contributed by atoms with E-state index in [-0.39, 0.29) is 18.1 Å². The Hall–Kier alpha value is -2.11. The summed E-state index contributed by atoms with van der Waals surface area (Å²) in [6.07, 6.45) is 4.72. The quantitative estimate of drug-likeness (QED) is 0.874. The minimum atomic E-state index is -0.784. The SMILES string of the molecule is O=C(O)C1CC2CCC1N2C(=O)NCCc1ccccn1. The molecule has 2 aliphatic rings. The molecule has 3 rings (SSSR count). The number of fused-ring (bicyclic) bond motifs is 2. The average Bonchev–Trinajstić information content (AvgIpc) is 3.06. The van der Waals surface area contributed by atoms with E-state index in [1.165, 1.54) is 0 Å². The number of carbonyl (C=O) groups excluding carboxylic acids is 1. The van der Waals surface area contributed by atoms with Gasteiger partial charge >= 0.3 is 12.0 Å². The lowest BCUT2D eigenvalue weighted by Gasteiger charge is -2.23. The van der Waals surface area contributed by atoms with Crippen molar-refractivity contribution in [3.05, 3.63) is 30.1 Å². The van der Waals surface area contributed by atoms with Crippen molar-refractivity contribution in [3.63, 3.8) is 0 Å². The van der Waals surface area contributed by atoms with Gasteiger partial charge in [-0.15, -0.1) is 0 Å². The van der Waals surface area contributed by atoms with Crippen LogP contribution in [0.1, 0.15) is 25.0 Å². The summed E-state index contributed by atoms with van der Waals surface area (Å²) in [6, 6.07) is 5.51. The minimum absolute atomic E-state index is 0.0888. The predicted octanol–water partition coefficient (Wildman–Crippen LogP) is 1.27. The molecule has 3 unspecified atom stereocenters. The predicted molar refractivity (Wildman–Crippen MR) is 75.7 cm³/mol. The van der Waals surface area contributed by atoms with E-state index in [0.717, 1.165) is 18.5 Å². The molecule has 6 heteroatoms. The highest BCUT2D eigenvalue weighted by Crippen LogP contribution is 2.41. The summed E-state index contributed by atoms with van der Waals surface area (Å²) in [5.41, 5.74) is 0.936. The number of amides is 2. The molecule has 2 N–H and O–H groups in total. The zero-order chi connectivity index (χ0) is 14.8. The van der Waals surface area contributed by atoms with Crippen LogP contribution in [-0.4, -0.2) is 45.6 Å². The second kappa shape index (κ2) is 5.71. The third kappa shape index (κ3) is 2.70. The number of aliphatic carboxylic acids is 1. The van der Waals surface area contributed by atoms with Crippen LogP contribution >= 0.6 is 0 Å². The Kier molecular flexibility index (Phi) is 3.77. The van der Waals surface area contributed by atoms with Crippen LogP contribution in [0.25, 0.3) is 0 Å². The van der Waals surface area contributed by atoms with Crippen molar-refractivity contribution in [2.75, 3.05) is 6.54 Å². The van der Waals surface area contributed by atoms with Crippen LogP contribution < -0.4 is 5.32 Å². The minimum Gasteiger partial charge on any atom is -0.481 e. The number of pyridine rings is 1. The standard InChI is InChI=1S/C15H19N3O3/c19-14(20)12-9-11-4-5-13(12)18(11)15(21)17-8-6-10-3-1-2-7-16-10/h1-3,7,11-13H,4-6,8-9H2,(H,17,21)(H,19,20). The Bertz CT molecular complexity index is 534. The zero-order valence-electron chi connectivity index (χ0n) is 11.7. The van der Waals surface area contributed by atoms with Crippen LogP contribution in [0, 0.1) is 5.92 Å². The molecule has 2 fully saturated rings. The van der Waals surface area contributed by atoms with Gasteiger partial charge in [0.1, 0.15) is 0 Å². The molecule has 0 aromatic carbocycles. The molecule has 0 saturated carbocycles. The molecule has 2 amide bonds. The molecule has 3 heterocycles. The number of rotatable bonds is 4. The fourth-order valence-corrected chi connectivity index (χ4v) is 3.51. The summed E-state index contributed by atoms with van der Waals surface area (Å²) in [6.45, 7) is 0.517. The first-order valence-corrected chi connectivity index (χ1v) is 7.35. The maximum Gasteiger partial charge on any atom is 0.317 e. The van der Waals surface area contributed by atoms with E-state index in [9.17, 15) is 14.7 Å². The summed E-state index contributed by atoms with van der Waals surface area (Å²) in [7, 11) is 0. The van der Waals surface area contributed by atoms with Gasteiger partial charge < -0.3 is 15.3 Å². The highest BCUT2D eigenvalue weighted by atomic mass is 16.4. The van der Waals surface area contributed by atoms with Crippen LogP contribution in [0.3, 0.4) is 0 Å². The molecule has 2 saturated heterocycles. The molecule has 112 valence electrons. The van der Waals surface area contributed by atoms with Gasteiger partial charge in [0.25, 0.3) is 0 Å². The number of hydrogen-bond acceptors (Lipinski definition) is 3. The maximum atomic E-state index is 12.3. The molecule has 0 aliphatic carbocycles. The third-order valence-corrected chi connectivity index (χ3v) is 4.47. The monoisotopic (exact) mass is 289 g/mol. The van der Waals surface area contributed by atoms with Crippen molar-refractivity contribution in [1.29, 1.82) is 0 Å². The maximum absolute atomic E-state index is 12.3. The van der Waals surface area contributed by atoms with Gasteiger partial charge in [0.2, 0.25) is 0 Å². The van der Waals surface area contributed by atoms with Crippen molar-refractivity contribution in [3.8, 4) is 0 Å². The van der Waals surface area contributed by atoms with E-state index in [1.807, 2.05) is 18.2 Å². The molecule has 0 radical (unpaired) electrons. The van der Waals surface area contributed by atoms with Crippen LogP contribution in [-0.2, 0) is 11.2 Å². The van der Waals surface area contributed by atoms with Crippen molar-refractivity contribution < 1.29 is 14.7 Å². The van der Waals surface area contributed by atoms with Gasteiger partial charge in [0.15, 0.2) is 0 Å². The van der Waals surface area contributed by atoms with Gasteiger partial charge in [0, 0.05) is 36.9 Å². The number of aromatic nitrogens is 1. The largest absolute Gasteiger partial charge is 0.481 e. The van der Waals surface area contributed by atoms with Crippen LogP contribution in [0.15, 0.2) is 24.4 Å². The first-order valence-electron chi connectivity index (χ1n) is 7.35. The van der Waals surface area contributed by atoms with Gasteiger partial charge in [-0.1, -0.05) is 6.07 Å². The molecule has 2 aliphatic heterocycles. The smallest absolute Gasteiger partial charge is 0.317 e. The molecule has 2 bridgehead atoms. The molecule has 1 aromatic heterocycles. The van der Waals surface area contributed by atoms with Crippen molar-refractivity contribution >= 4 is 12.0 Å². The van der Waals surface area contributed by atoms with Gasteiger partial charge in [-0.25, -0.2) is 4.79 Å². The average molecular weight is 289 g/mol. The summed E-state index contributed by atoms with van der Waals surface area (Å²) >= 11 is 0. The lowest BCUT2D eigenvalue weighted by molar-refractivity contribution is -0.142. The Balaban J connectivity index is 1.53. The molecule has 1 aromatic rings. The number of carbonyl (C=O) groups is 2. The fraction of sp³-hybridized carbons (Fsp3) is 0.533. The lowest BCUT2D eigenvalue weighted by Crippen LogP contribution is -2.44. The number of hydrogen-bond donors (Lipinski definition) is 2. The van der Waals surface area contributed by atoms with Gasteiger partial charge in [-0.3, -0.25) is 9.78 Å². The van der Waals surface area contributed by atoms with Crippen LogP contribution in [0.5, 0.6) is 0 Å².